The van der Waals surface area contributed by atoms with Gasteiger partial charge in [-0.3, -0.25) is 0 Å². The van der Waals surface area contributed by atoms with Crippen LogP contribution < -0.4 is 2.89 Å². The predicted octanol–water partition coefficient (Wildman–Crippen LogP) is 14.7. The molecule has 0 aliphatic heterocycles. The SMILES string of the molecule is CCC[CH2][Sn]([CH2]CCC)([CH2]CCC)[c]1cccs1.Fc1c(F)c(-c2cccs2)c2nsnc2c1-c1cccs1.Fc1c(F)c(Br)c2nsnc2c1Br. The van der Waals surface area contributed by atoms with E-state index in [1.165, 1.54) is 61.2 Å². The minimum Gasteiger partial charge on any atom is -0.203 e. The van der Waals surface area contributed by atoms with Gasteiger partial charge in [0.2, 0.25) is 0 Å². The molecule has 7 aromatic rings. The topological polar surface area (TPSA) is 51.6 Å². The van der Waals surface area contributed by atoms with Gasteiger partial charge in [-0.1, -0.05) is 12.1 Å². The van der Waals surface area contributed by atoms with Gasteiger partial charge in [0, 0.05) is 9.75 Å². The normalized spacial score (nSPS) is 11.5. The molecule has 0 saturated carbocycles. The van der Waals surface area contributed by atoms with Crippen LogP contribution in [0, 0.1) is 23.3 Å². The van der Waals surface area contributed by atoms with E-state index in [-0.39, 0.29) is 20.1 Å². The van der Waals surface area contributed by atoms with Gasteiger partial charge in [0.25, 0.3) is 0 Å². The minimum absolute atomic E-state index is 0.0111. The molecule has 7 rings (SSSR count). The predicted molar refractivity (Wildman–Crippen MR) is 226 cm³/mol. The summed E-state index contributed by atoms with van der Waals surface area (Å²) in [5.74, 6) is -3.62. The smallest absolute Gasteiger partial charge is 0.176 e. The number of hydrogen-bond donors (Lipinski definition) is 0. The van der Waals surface area contributed by atoms with Crippen molar-refractivity contribution in [2.75, 3.05) is 0 Å². The number of benzene rings is 2. The van der Waals surface area contributed by atoms with Crippen molar-refractivity contribution in [1.29, 1.82) is 0 Å². The number of rotatable bonds is 12. The monoisotopic (exact) mass is 1040 g/mol. The summed E-state index contributed by atoms with van der Waals surface area (Å²) in [4.78, 5) is 1.31. The largest absolute Gasteiger partial charge is 0.203 e. The van der Waals surface area contributed by atoms with Gasteiger partial charge in [-0.05, 0) is 54.8 Å². The molecule has 0 saturated heterocycles. The van der Waals surface area contributed by atoms with Gasteiger partial charge < -0.3 is 0 Å². The van der Waals surface area contributed by atoms with E-state index in [1.54, 1.807) is 37.6 Å². The van der Waals surface area contributed by atoms with Gasteiger partial charge in [0.05, 0.1) is 43.5 Å². The number of hydrogen-bond acceptors (Lipinski definition) is 9. The number of nitrogens with zero attached hydrogens (tertiary/aromatic N) is 4. The molecule has 0 amide bonds. The van der Waals surface area contributed by atoms with Gasteiger partial charge in [0.15, 0.2) is 23.3 Å². The molecule has 0 atom stereocenters. The number of unbranched alkanes of at least 4 members (excludes halogenated alkanes) is 3. The van der Waals surface area contributed by atoms with Crippen molar-refractivity contribution >= 4 is 133 Å². The summed E-state index contributed by atoms with van der Waals surface area (Å²) in [6, 6.07) is 11.9. The van der Waals surface area contributed by atoms with Crippen molar-refractivity contribution in [3.05, 3.63) is 84.8 Å². The second-order valence-electron chi connectivity index (χ2n) is 12.1. The van der Waals surface area contributed by atoms with E-state index < -0.39 is 41.6 Å². The number of thiophene rings is 3. The number of halogens is 6. The van der Waals surface area contributed by atoms with Crippen molar-refractivity contribution in [3.63, 3.8) is 0 Å². The van der Waals surface area contributed by atoms with E-state index >= 15 is 0 Å². The van der Waals surface area contributed by atoms with Crippen LogP contribution in [0.4, 0.5) is 17.6 Å². The average molecular weight is 1040 g/mol. The molecule has 16 heteroatoms. The van der Waals surface area contributed by atoms with Gasteiger partial charge >= 0.3 is 123 Å². The Bertz CT molecular complexity index is 2020. The zero-order valence-corrected chi connectivity index (χ0v) is 38.8. The Kier molecular flexibility index (Phi) is 16.1. The quantitative estimate of drug-likeness (QED) is 0.0530. The molecule has 0 bridgehead atoms. The van der Waals surface area contributed by atoms with Crippen LogP contribution in [0.25, 0.3) is 42.9 Å². The minimum atomic E-state index is -2.01. The van der Waals surface area contributed by atoms with E-state index in [0.29, 0.717) is 31.8 Å². The van der Waals surface area contributed by atoms with Gasteiger partial charge in [-0.15, -0.1) is 22.7 Å². The molecule has 0 fully saturated rings. The second kappa shape index (κ2) is 20.0. The fourth-order valence-electron chi connectivity index (χ4n) is 5.98. The molecular formula is C36H36Br2F4N4S5Sn. The Hall–Kier alpha value is -1.34. The van der Waals surface area contributed by atoms with Gasteiger partial charge in [-0.25, -0.2) is 17.6 Å². The van der Waals surface area contributed by atoms with Gasteiger partial charge in [-0.2, -0.15) is 17.5 Å². The molecule has 0 spiro atoms. The van der Waals surface area contributed by atoms with Gasteiger partial charge in [0.1, 0.15) is 22.1 Å². The van der Waals surface area contributed by atoms with E-state index in [1.807, 2.05) is 13.7 Å². The summed E-state index contributed by atoms with van der Waals surface area (Å²) in [6.07, 6.45) is 8.55. The van der Waals surface area contributed by atoms with Crippen LogP contribution in [0.3, 0.4) is 0 Å². The van der Waals surface area contributed by atoms with Crippen molar-refractivity contribution in [2.45, 2.75) is 72.6 Å². The van der Waals surface area contributed by atoms with Crippen LogP contribution >= 0.6 is 89.3 Å². The zero-order valence-electron chi connectivity index (χ0n) is 28.7. The summed E-state index contributed by atoms with van der Waals surface area (Å²) in [5, 5.41) is 5.96. The Morgan fingerprint density at radius 2 is 0.923 bits per heavy atom. The molecule has 4 nitrogen and oxygen atoms in total. The van der Waals surface area contributed by atoms with Crippen molar-refractivity contribution < 1.29 is 17.6 Å². The van der Waals surface area contributed by atoms with E-state index in [4.69, 9.17) is 0 Å². The maximum Gasteiger partial charge on any atom is 0.176 e. The Labute approximate surface area is 342 Å². The first-order chi connectivity index (χ1) is 25.2. The van der Waals surface area contributed by atoms with Crippen LogP contribution in [0.1, 0.15) is 59.3 Å². The fourth-order valence-corrected chi connectivity index (χ4v) is 29.6. The maximum atomic E-state index is 14.6. The molecule has 0 N–H and O–H groups in total. The molecule has 276 valence electrons. The second-order valence-corrected chi connectivity index (χ2v) is 31.7. The Balaban J connectivity index is 0.000000155. The van der Waals surface area contributed by atoms with E-state index in [9.17, 15) is 17.6 Å². The maximum absolute atomic E-state index is 14.6. The third-order valence-electron chi connectivity index (χ3n) is 8.68. The first-order valence-electron chi connectivity index (χ1n) is 16.9. The van der Waals surface area contributed by atoms with E-state index in [2.05, 4.69) is 99.0 Å². The van der Waals surface area contributed by atoms with Crippen molar-refractivity contribution in [3.8, 4) is 20.9 Å². The third-order valence-corrected chi connectivity index (χ3v) is 32.2. The third kappa shape index (κ3) is 9.36. The zero-order chi connectivity index (χ0) is 37.3. The standard InChI is InChI=1S/C14H6F2N2S3.C6Br2F2N2S.C4H3S.3C4H9.Sn/c15-11-9(7-3-1-5-19-7)13-14(18-21-17-13)10(12(11)16)8-4-2-6-20-8;7-1-3(9)4(10)2(8)6-5(1)11-13-12-6;1-2-4-5-3-1;3*1-3-4-2;/h1-6H;;1-3H;3*1,3-4H2,2H3;. The van der Waals surface area contributed by atoms with Crippen LogP contribution in [0.5, 0.6) is 0 Å². The van der Waals surface area contributed by atoms with Crippen LogP contribution in [-0.2, 0) is 0 Å². The molecule has 5 aromatic heterocycles. The number of aromatic nitrogens is 4. The molecule has 0 unspecified atom stereocenters. The van der Waals surface area contributed by atoms with Crippen molar-refractivity contribution in [2.24, 2.45) is 0 Å². The summed E-state index contributed by atoms with van der Waals surface area (Å²) < 4.78 is 78.1. The summed E-state index contributed by atoms with van der Waals surface area (Å²) >= 11 is 10.5. The van der Waals surface area contributed by atoms with Crippen LogP contribution in [-0.4, -0.2) is 35.9 Å². The molecule has 5 heterocycles. The van der Waals surface area contributed by atoms with Crippen LogP contribution in [0.15, 0.2) is 61.5 Å². The molecule has 0 aliphatic rings. The van der Waals surface area contributed by atoms with Crippen molar-refractivity contribution in [1.82, 2.24) is 17.5 Å². The summed E-state index contributed by atoms with van der Waals surface area (Å²) in [5.41, 5.74) is 1.90. The van der Waals surface area contributed by atoms with Crippen LogP contribution in [0.2, 0.25) is 13.3 Å². The first-order valence-corrected chi connectivity index (χ1v) is 30.0. The molecule has 52 heavy (non-hydrogen) atoms. The molecular weight excluding hydrogens is 1000 g/mol. The number of fused-ring (bicyclic) bond motifs is 2. The Morgan fingerprint density at radius 1 is 0.538 bits per heavy atom. The van der Waals surface area contributed by atoms with E-state index in [0.717, 1.165) is 23.5 Å². The fraction of sp³-hybridized carbons (Fsp3) is 0.333. The summed E-state index contributed by atoms with van der Waals surface area (Å²) in [6.45, 7) is 7.06. The first kappa shape index (κ1) is 41.8. The average Bonchev–Trinajstić information content (AvgIpc) is 4.01. The molecule has 2 aromatic carbocycles. The summed E-state index contributed by atoms with van der Waals surface area (Å²) in [7, 11) is 0. The molecule has 0 aliphatic carbocycles. The Morgan fingerprint density at radius 3 is 1.27 bits per heavy atom. The molecule has 0 radical (unpaired) electrons.